The van der Waals surface area contributed by atoms with E-state index in [1.165, 1.54) is 19.1 Å². The number of alkyl halides is 1. The van der Waals surface area contributed by atoms with E-state index in [4.69, 9.17) is 35.3 Å². The first kappa shape index (κ1) is 46.5. The zero-order valence-electron chi connectivity index (χ0n) is 35.0. The second-order valence-corrected chi connectivity index (χ2v) is 17.7. The number of esters is 1. The molecular formula is C43H68ClNO11. The highest BCUT2D eigenvalue weighted by atomic mass is 35.5. The SMILES string of the molecule is CC[C@H]1/C=C(\C)C[C@@H](C)CC(OC)[C@H]2O[C@@](O)(C(=O)C(=O)N3CCCCC3C(=O)O[C@H](/C(C)=C/[C@@H]3CC[C@H](Cl)[C@H](OC)C3)[C@H](C)[C@@H](O)CC1=O)[C@H](C)C[C@@H]2OC. The first-order valence-corrected chi connectivity index (χ1v) is 21.2. The van der Waals surface area contributed by atoms with Crippen LogP contribution >= 0.6 is 11.6 Å². The summed E-state index contributed by atoms with van der Waals surface area (Å²) in [4.78, 5) is 57.7. The predicted octanol–water partition coefficient (Wildman–Crippen LogP) is 5.72. The lowest BCUT2D eigenvalue weighted by molar-refractivity contribution is -0.302. The number of Topliss-reactive ketones (excluding diaryl/α,β-unsaturated/α-hetero) is 2. The van der Waals surface area contributed by atoms with Gasteiger partial charge in [0.25, 0.3) is 11.7 Å². The van der Waals surface area contributed by atoms with Crippen LogP contribution in [0.5, 0.6) is 0 Å². The third kappa shape index (κ3) is 10.9. The van der Waals surface area contributed by atoms with Crippen molar-refractivity contribution in [2.45, 2.75) is 166 Å². The van der Waals surface area contributed by atoms with Crippen molar-refractivity contribution in [3.05, 3.63) is 23.3 Å². The quantitative estimate of drug-likeness (QED) is 0.146. The van der Waals surface area contributed by atoms with Crippen molar-refractivity contribution < 1.29 is 53.1 Å². The van der Waals surface area contributed by atoms with Crippen molar-refractivity contribution >= 4 is 35.0 Å². The van der Waals surface area contributed by atoms with Crippen molar-refractivity contribution in [2.75, 3.05) is 27.9 Å². The maximum atomic E-state index is 14.3. The molecule has 14 atom stereocenters. The van der Waals surface area contributed by atoms with Gasteiger partial charge in [-0.1, -0.05) is 45.4 Å². The number of hydrogen-bond acceptors (Lipinski definition) is 11. The van der Waals surface area contributed by atoms with E-state index in [0.717, 1.165) is 18.4 Å². The number of methoxy groups -OCH3 is 3. The molecule has 1 saturated carbocycles. The van der Waals surface area contributed by atoms with Crippen LogP contribution in [0.15, 0.2) is 23.3 Å². The summed E-state index contributed by atoms with van der Waals surface area (Å²) in [6, 6.07) is -1.12. The molecule has 4 aliphatic rings. The molecule has 2 unspecified atom stereocenters. The predicted molar refractivity (Wildman–Crippen MR) is 212 cm³/mol. The second-order valence-electron chi connectivity index (χ2n) is 17.1. The fourth-order valence-corrected chi connectivity index (χ4v) is 9.69. The molecule has 2 bridgehead atoms. The van der Waals surface area contributed by atoms with Crippen LogP contribution in [-0.4, -0.2) is 120 Å². The summed E-state index contributed by atoms with van der Waals surface area (Å²) in [5.74, 6) is -7.31. The number of rotatable bonds is 6. The Morgan fingerprint density at radius 1 is 0.964 bits per heavy atom. The highest BCUT2D eigenvalue weighted by Gasteiger charge is 2.56. The van der Waals surface area contributed by atoms with Gasteiger partial charge in [-0.2, -0.15) is 0 Å². The van der Waals surface area contributed by atoms with Gasteiger partial charge in [0, 0.05) is 52.0 Å². The minimum absolute atomic E-state index is 0.0425. The number of cyclic esters (lactones) is 1. The molecule has 0 aromatic heterocycles. The van der Waals surface area contributed by atoms with Crippen molar-refractivity contribution in [1.29, 1.82) is 0 Å². The normalized spacial score (nSPS) is 41.6. The summed E-state index contributed by atoms with van der Waals surface area (Å²) in [7, 11) is 4.71. The van der Waals surface area contributed by atoms with Gasteiger partial charge in [-0.05, 0) is 95.5 Å². The van der Waals surface area contributed by atoms with Crippen LogP contribution < -0.4 is 0 Å². The summed E-state index contributed by atoms with van der Waals surface area (Å²) in [5, 5.41) is 23.6. The van der Waals surface area contributed by atoms with E-state index < -0.39 is 77.8 Å². The van der Waals surface area contributed by atoms with Gasteiger partial charge >= 0.3 is 5.97 Å². The molecule has 56 heavy (non-hydrogen) atoms. The van der Waals surface area contributed by atoms with Crippen LogP contribution in [0.1, 0.15) is 112 Å². The van der Waals surface area contributed by atoms with E-state index in [1.54, 1.807) is 21.0 Å². The number of carbonyl (C=O) groups is 4. The number of fused-ring (bicyclic) bond motifs is 3. The lowest BCUT2D eigenvalue weighted by Gasteiger charge is -2.47. The molecule has 0 spiro atoms. The van der Waals surface area contributed by atoms with Gasteiger partial charge in [0.2, 0.25) is 5.79 Å². The number of aliphatic hydroxyl groups is 2. The fraction of sp³-hybridized carbons (Fsp3) is 0.814. The molecule has 318 valence electrons. The van der Waals surface area contributed by atoms with Crippen molar-refractivity contribution in [3.63, 3.8) is 0 Å². The van der Waals surface area contributed by atoms with E-state index in [2.05, 4.69) is 6.92 Å². The van der Waals surface area contributed by atoms with Gasteiger partial charge in [-0.25, -0.2) is 4.79 Å². The lowest BCUT2D eigenvalue weighted by atomic mass is 9.82. The molecule has 0 aromatic rings. The van der Waals surface area contributed by atoms with Crippen LogP contribution in [0, 0.1) is 29.6 Å². The minimum atomic E-state index is -2.49. The third-order valence-electron chi connectivity index (χ3n) is 12.8. The van der Waals surface area contributed by atoms with Crippen LogP contribution in [-0.2, 0) is 42.9 Å². The van der Waals surface area contributed by atoms with Crippen molar-refractivity contribution in [3.8, 4) is 0 Å². The Hall–Kier alpha value is -2.19. The highest BCUT2D eigenvalue weighted by molar-refractivity contribution is 6.39. The Balaban J connectivity index is 1.76. The maximum Gasteiger partial charge on any atom is 0.329 e. The number of hydrogen-bond donors (Lipinski definition) is 2. The Bertz CT molecular complexity index is 1440. The summed E-state index contributed by atoms with van der Waals surface area (Å²) < 4.78 is 29.9. The van der Waals surface area contributed by atoms with Gasteiger partial charge in [0.15, 0.2) is 0 Å². The number of carbonyl (C=O) groups excluding carboxylic acids is 4. The molecule has 1 aliphatic carbocycles. The zero-order valence-corrected chi connectivity index (χ0v) is 35.8. The topological polar surface area (TPSA) is 158 Å². The van der Waals surface area contributed by atoms with E-state index in [1.807, 2.05) is 32.9 Å². The molecule has 13 heteroatoms. The zero-order chi connectivity index (χ0) is 41.5. The summed E-state index contributed by atoms with van der Waals surface area (Å²) >= 11 is 6.52. The van der Waals surface area contributed by atoms with Gasteiger partial charge in [-0.3, -0.25) is 14.4 Å². The fourth-order valence-electron chi connectivity index (χ4n) is 9.36. The largest absolute Gasteiger partial charge is 0.456 e. The third-order valence-corrected chi connectivity index (χ3v) is 13.3. The van der Waals surface area contributed by atoms with Crippen molar-refractivity contribution in [2.24, 2.45) is 29.6 Å². The number of nitrogens with zero attached hydrogens (tertiary/aromatic N) is 1. The van der Waals surface area contributed by atoms with Gasteiger partial charge in [0.05, 0.1) is 29.8 Å². The standard InChI is InChI=1S/C43H68ClNO11/c1-10-30-18-24(2)17-25(3)19-36(53-8)39-37(54-9)21-27(5)43(51,56-39)40(48)41(49)45-16-12-11-13-32(45)42(50)55-38(28(6)33(46)23-34(30)47)26(4)20-29-14-15-31(44)35(22-29)52-7/h18,20,25,27-33,35-39,46,51H,10-17,19,21-23H2,1-9H3/b24-18+,26-20+/t25-,27-,28-,29+,30+,31+,32?,33+,35-,36?,37+,38-,39-,43-/m1/s1. The Morgan fingerprint density at radius 2 is 1.62 bits per heavy atom. The summed E-state index contributed by atoms with van der Waals surface area (Å²) in [6.45, 7) is 11.3. The molecule has 4 rings (SSSR count). The molecule has 0 radical (unpaired) electrons. The number of ketones is 2. The minimum Gasteiger partial charge on any atom is -0.456 e. The Kier molecular flexibility index (Phi) is 17.2. The van der Waals surface area contributed by atoms with Crippen molar-refractivity contribution in [1.82, 2.24) is 4.90 Å². The number of allylic oxidation sites excluding steroid dienone is 3. The van der Waals surface area contributed by atoms with Gasteiger partial charge in [0.1, 0.15) is 24.0 Å². The number of halogens is 1. The van der Waals surface area contributed by atoms with E-state index in [-0.39, 0.29) is 54.9 Å². The van der Waals surface area contributed by atoms with Crippen LogP contribution in [0.25, 0.3) is 0 Å². The average molecular weight is 810 g/mol. The smallest absolute Gasteiger partial charge is 0.329 e. The number of ether oxygens (including phenoxy) is 5. The molecule has 3 heterocycles. The number of piperidine rings is 1. The monoisotopic (exact) mass is 809 g/mol. The van der Waals surface area contributed by atoms with Gasteiger partial charge in [-0.15, -0.1) is 11.6 Å². The molecule has 3 fully saturated rings. The number of aliphatic hydroxyl groups excluding tert-OH is 1. The second kappa shape index (κ2) is 20.7. The first-order chi connectivity index (χ1) is 26.5. The molecular weight excluding hydrogens is 742 g/mol. The molecule has 0 aromatic carbocycles. The molecule has 2 N–H and O–H groups in total. The Labute approximate surface area is 339 Å². The van der Waals surface area contributed by atoms with Crippen LogP contribution in [0.2, 0.25) is 0 Å². The van der Waals surface area contributed by atoms with Gasteiger partial charge < -0.3 is 38.8 Å². The molecule has 3 aliphatic heterocycles. The number of amides is 1. The maximum absolute atomic E-state index is 14.3. The van der Waals surface area contributed by atoms with E-state index >= 15 is 0 Å². The molecule has 1 amide bonds. The lowest BCUT2D eigenvalue weighted by Crippen LogP contribution is -2.64. The first-order valence-electron chi connectivity index (χ1n) is 20.7. The average Bonchev–Trinajstić information content (AvgIpc) is 3.18. The van der Waals surface area contributed by atoms with E-state index in [0.29, 0.717) is 44.1 Å². The van der Waals surface area contributed by atoms with Crippen LogP contribution in [0.3, 0.4) is 0 Å². The molecule has 12 nitrogen and oxygen atoms in total. The summed E-state index contributed by atoms with van der Waals surface area (Å²) in [5.41, 5.74) is 1.71. The molecule has 2 saturated heterocycles. The highest BCUT2D eigenvalue weighted by Crippen LogP contribution is 2.39. The van der Waals surface area contributed by atoms with E-state index in [9.17, 15) is 29.4 Å². The Morgan fingerprint density at radius 3 is 2.27 bits per heavy atom. The van der Waals surface area contributed by atoms with Crippen LogP contribution in [0.4, 0.5) is 0 Å². The summed E-state index contributed by atoms with van der Waals surface area (Å²) in [6.07, 6.45) is 5.16.